The summed E-state index contributed by atoms with van der Waals surface area (Å²) in [7, 11) is 0. The average molecular weight is 420 g/mol. The van der Waals surface area contributed by atoms with Gasteiger partial charge in [-0.25, -0.2) is 24.5 Å². The summed E-state index contributed by atoms with van der Waals surface area (Å²) in [5.74, 6) is 0.287. The molecule has 5 rings (SSSR count). The number of benzene rings is 2. The lowest BCUT2D eigenvalue weighted by molar-refractivity contribution is 0.210. The molecule has 1 unspecified atom stereocenters. The first-order valence-electron chi connectivity index (χ1n) is 9.72. The highest BCUT2D eigenvalue weighted by molar-refractivity contribution is 5.83. The lowest BCUT2D eigenvalue weighted by Crippen LogP contribution is -2.07. The van der Waals surface area contributed by atoms with Crippen molar-refractivity contribution in [3.05, 3.63) is 90.1 Å². The molecular weight excluding hydrogens is 404 g/mol. The van der Waals surface area contributed by atoms with E-state index in [1.807, 2.05) is 24.3 Å². The van der Waals surface area contributed by atoms with E-state index < -0.39 is 6.10 Å². The number of aliphatic hydroxyl groups is 1. The number of aromatic nitrogens is 6. The monoisotopic (exact) mass is 420 g/mol. The molecule has 5 aromatic rings. The maximum atomic E-state index is 10.8. The molecule has 2 aromatic carbocycles. The quantitative estimate of drug-likeness (QED) is 0.452. The molecule has 0 radical (unpaired) electrons. The van der Waals surface area contributed by atoms with Crippen molar-refractivity contribution in [2.24, 2.45) is 0 Å². The lowest BCUT2D eigenvalue weighted by atomic mass is 10.0. The van der Waals surface area contributed by atoms with Gasteiger partial charge in [0.25, 0.3) is 0 Å². The summed E-state index contributed by atoms with van der Waals surface area (Å²) in [6, 6.07) is 20.1. The molecule has 0 saturated heterocycles. The number of nitrogens with zero attached hydrogens (tertiary/aromatic N) is 7. The van der Waals surface area contributed by atoms with E-state index in [2.05, 4.69) is 31.1 Å². The van der Waals surface area contributed by atoms with E-state index in [-0.39, 0.29) is 17.3 Å². The van der Waals surface area contributed by atoms with Crippen LogP contribution in [0.5, 0.6) is 0 Å². The van der Waals surface area contributed by atoms with Crippen LogP contribution < -0.4 is 5.73 Å². The molecule has 0 fully saturated rings. The van der Waals surface area contributed by atoms with E-state index in [1.54, 1.807) is 42.6 Å². The second kappa shape index (κ2) is 7.86. The Bertz CT molecular complexity index is 1460. The molecule has 154 valence electrons. The second-order valence-electron chi connectivity index (χ2n) is 6.96. The molecule has 1 atom stereocenters. The molecule has 0 amide bonds. The van der Waals surface area contributed by atoms with Crippen molar-refractivity contribution in [1.29, 1.82) is 5.26 Å². The second-order valence-corrected chi connectivity index (χ2v) is 6.96. The lowest BCUT2D eigenvalue weighted by Gasteiger charge is -2.12. The Balaban J connectivity index is 1.81. The summed E-state index contributed by atoms with van der Waals surface area (Å²) in [6.45, 7) is 0. The third-order valence-electron chi connectivity index (χ3n) is 5.01. The van der Waals surface area contributed by atoms with Crippen molar-refractivity contribution in [3.8, 4) is 28.7 Å². The van der Waals surface area contributed by atoms with Crippen LogP contribution in [-0.2, 0) is 0 Å². The van der Waals surface area contributed by atoms with Gasteiger partial charge in [-0.1, -0.05) is 48.5 Å². The maximum Gasteiger partial charge on any atom is 0.199 e. The van der Waals surface area contributed by atoms with Gasteiger partial charge >= 0.3 is 0 Å². The van der Waals surface area contributed by atoms with E-state index in [9.17, 15) is 10.4 Å². The summed E-state index contributed by atoms with van der Waals surface area (Å²) in [6.07, 6.45) is 1.96. The maximum absolute atomic E-state index is 10.8. The first-order valence-corrected chi connectivity index (χ1v) is 9.72. The molecular formula is C23H16N8O. The fraction of sp³-hybridized carbons (Fsp3) is 0.0435. The standard InChI is InChI=1S/C23H16N8O/c24-12-15-8-4-5-9-16(15)18-19(17-10-11-26-13-27-17)31-23(21(25)28-18)29-22(30-31)20(32)14-6-2-1-3-7-14/h1-11,13,20,32H,(H2,25,28). The zero-order valence-corrected chi connectivity index (χ0v) is 16.7. The van der Waals surface area contributed by atoms with E-state index in [4.69, 9.17) is 5.73 Å². The largest absolute Gasteiger partial charge is 0.381 e. The molecule has 0 aliphatic heterocycles. The van der Waals surface area contributed by atoms with Gasteiger partial charge in [-0.15, -0.1) is 5.10 Å². The Morgan fingerprint density at radius 2 is 1.78 bits per heavy atom. The molecule has 0 bridgehead atoms. The van der Waals surface area contributed by atoms with Gasteiger partial charge in [0, 0.05) is 11.8 Å². The number of nitrogens with two attached hydrogens (primary N) is 1. The van der Waals surface area contributed by atoms with Crippen LogP contribution in [0.25, 0.3) is 28.3 Å². The minimum atomic E-state index is -1.05. The predicted molar refractivity (Wildman–Crippen MR) is 117 cm³/mol. The van der Waals surface area contributed by atoms with Gasteiger partial charge in [0.1, 0.15) is 23.8 Å². The zero-order chi connectivity index (χ0) is 22.1. The summed E-state index contributed by atoms with van der Waals surface area (Å²) >= 11 is 0. The first-order chi connectivity index (χ1) is 15.7. The summed E-state index contributed by atoms with van der Waals surface area (Å²) in [4.78, 5) is 17.4. The van der Waals surface area contributed by atoms with Crippen molar-refractivity contribution in [3.63, 3.8) is 0 Å². The number of rotatable bonds is 4. The average Bonchev–Trinajstić information content (AvgIpc) is 3.30. The van der Waals surface area contributed by atoms with E-state index in [0.717, 1.165) is 0 Å². The summed E-state index contributed by atoms with van der Waals surface area (Å²) in [5, 5.41) is 25.0. The number of aliphatic hydroxyl groups excluding tert-OH is 1. The number of hydrogen-bond acceptors (Lipinski definition) is 8. The van der Waals surface area contributed by atoms with Gasteiger partial charge in [-0.05, 0) is 17.7 Å². The molecule has 9 heteroatoms. The first kappa shape index (κ1) is 19.3. The Kier molecular flexibility index (Phi) is 4.74. The highest BCUT2D eigenvalue weighted by Crippen LogP contribution is 2.34. The number of anilines is 1. The minimum absolute atomic E-state index is 0.115. The fourth-order valence-electron chi connectivity index (χ4n) is 3.51. The van der Waals surface area contributed by atoms with E-state index in [1.165, 1.54) is 10.8 Å². The third kappa shape index (κ3) is 3.21. The van der Waals surface area contributed by atoms with Crippen molar-refractivity contribution in [2.75, 3.05) is 5.73 Å². The Labute approximate surface area is 182 Å². The molecule has 0 spiro atoms. The van der Waals surface area contributed by atoms with Gasteiger partial charge in [-0.3, -0.25) is 0 Å². The number of hydrogen-bond donors (Lipinski definition) is 2. The highest BCUT2D eigenvalue weighted by Gasteiger charge is 2.24. The predicted octanol–water partition coefficient (Wildman–Crippen LogP) is 2.78. The van der Waals surface area contributed by atoms with Crippen LogP contribution in [0, 0.1) is 11.3 Å². The smallest absolute Gasteiger partial charge is 0.199 e. The van der Waals surface area contributed by atoms with Crippen LogP contribution in [0.4, 0.5) is 5.82 Å². The van der Waals surface area contributed by atoms with Crippen LogP contribution >= 0.6 is 0 Å². The number of nitrogen functional groups attached to an aromatic ring is 1. The molecule has 9 nitrogen and oxygen atoms in total. The van der Waals surface area contributed by atoms with Crippen molar-refractivity contribution >= 4 is 11.5 Å². The number of fused-ring (bicyclic) bond motifs is 1. The SMILES string of the molecule is N#Cc1ccccc1-c1nc(N)c2nc(C(O)c3ccccc3)nn2c1-c1ccncn1. The summed E-state index contributed by atoms with van der Waals surface area (Å²) < 4.78 is 1.51. The van der Waals surface area contributed by atoms with Crippen LogP contribution in [-0.4, -0.2) is 34.7 Å². The third-order valence-corrected chi connectivity index (χ3v) is 5.01. The number of nitriles is 1. The minimum Gasteiger partial charge on any atom is -0.381 e. The van der Waals surface area contributed by atoms with Crippen molar-refractivity contribution < 1.29 is 5.11 Å². The van der Waals surface area contributed by atoms with Gasteiger partial charge in [0.05, 0.1) is 17.3 Å². The molecule has 3 heterocycles. The van der Waals surface area contributed by atoms with Crippen LogP contribution in [0.15, 0.2) is 73.2 Å². The normalized spacial score (nSPS) is 11.9. The van der Waals surface area contributed by atoms with Crippen molar-refractivity contribution in [2.45, 2.75) is 6.10 Å². The van der Waals surface area contributed by atoms with Crippen molar-refractivity contribution in [1.82, 2.24) is 29.5 Å². The molecule has 0 aliphatic rings. The van der Waals surface area contributed by atoms with Crippen LogP contribution in [0.1, 0.15) is 23.1 Å². The van der Waals surface area contributed by atoms with Gasteiger partial charge in [-0.2, -0.15) is 5.26 Å². The van der Waals surface area contributed by atoms with E-state index >= 15 is 0 Å². The van der Waals surface area contributed by atoms with Gasteiger partial charge in [0.2, 0.25) is 0 Å². The fourth-order valence-corrected chi connectivity index (χ4v) is 3.51. The molecule has 0 aliphatic carbocycles. The molecule has 3 N–H and O–H groups in total. The highest BCUT2D eigenvalue weighted by atomic mass is 16.3. The van der Waals surface area contributed by atoms with Crippen LogP contribution in [0.3, 0.4) is 0 Å². The van der Waals surface area contributed by atoms with Gasteiger partial charge in [0.15, 0.2) is 17.3 Å². The molecule has 0 saturated carbocycles. The van der Waals surface area contributed by atoms with E-state index in [0.29, 0.717) is 33.8 Å². The Hall–Kier alpha value is -4.68. The van der Waals surface area contributed by atoms with Crippen LogP contribution in [0.2, 0.25) is 0 Å². The Morgan fingerprint density at radius 1 is 1.00 bits per heavy atom. The summed E-state index contributed by atoms with van der Waals surface area (Å²) in [5.41, 5.74) is 9.62. The Morgan fingerprint density at radius 3 is 2.53 bits per heavy atom. The molecule has 3 aromatic heterocycles. The molecule has 32 heavy (non-hydrogen) atoms. The van der Waals surface area contributed by atoms with Gasteiger partial charge < -0.3 is 10.8 Å². The topological polar surface area (TPSA) is 139 Å². The zero-order valence-electron chi connectivity index (χ0n) is 16.7.